The van der Waals surface area contributed by atoms with E-state index >= 15 is 0 Å². The molecule has 23 heavy (non-hydrogen) atoms. The van der Waals surface area contributed by atoms with Gasteiger partial charge in [0, 0.05) is 25.7 Å². The van der Waals surface area contributed by atoms with Crippen molar-refractivity contribution in [1.29, 1.82) is 0 Å². The summed E-state index contributed by atoms with van der Waals surface area (Å²) in [6.07, 6.45) is 0.795. The van der Waals surface area contributed by atoms with Crippen LogP contribution in [0.15, 0.2) is 36.1 Å². The molecule has 0 aromatic heterocycles. The third-order valence-corrected chi connectivity index (χ3v) is 2.75. The number of esters is 1. The van der Waals surface area contributed by atoms with Gasteiger partial charge in [0.05, 0.1) is 6.61 Å². The number of likely N-dealkylation sites (N-methyl/N-ethyl adjacent to an activating group) is 1. The van der Waals surface area contributed by atoms with Crippen LogP contribution in [0.2, 0.25) is 0 Å². The molecule has 1 aromatic rings. The van der Waals surface area contributed by atoms with E-state index in [1.54, 1.807) is 21.0 Å². The number of benzene rings is 1. The van der Waals surface area contributed by atoms with Gasteiger partial charge in [0.15, 0.2) is 12.4 Å². The molecule has 0 atom stereocenters. The number of ketones is 1. The van der Waals surface area contributed by atoms with Crippen molar-refractivity contribution in [1.82, 2.24) is 4.90 Å². The predicted octanol–water partition coefficient (Wildman–Crippen LogP) is 1.34. The highest BCUT2D eigenvalue weighted by atomic mass is 16.5. The van der Waals surface area contributed by atoms with Crippen molar-refractivity contribution in [2.75, 3.05) is 27.3 Å². The number of aliphatic hydroxyl groups is 1. The molecule has 0 heterocycles. The number of ether oxygens (including phenoxy) is 2. The monoisotopic (exact) mass is 321 g/mol. The number of allylic oxidation sites excluding steroid dienone is 1. The Morgan fingerprint density at radius 3 is 2.30 bits per heavy atom. The van der Waals surface area contributed by atoms with E-state index in [-0.39, 0.29) is 24.7 Å². The number of hydrogen-bond acceptors (Lipinski definition) is 6. The molecular weight excluding hydrogens is 302 g/mol. The molecular formula is C16H19NO6. The molecule has 0 unspecified atom stereocenters. The largest absolute Gasteiger partial charge is 0.502 e. The molecule has 124 valence electrons. The quantitative estimate of drug-likeness (QED) is 0.352. The van der Waals surface area contributed by atoms with Crippen molar-refractivity contribution in [2.24, 2.45) is 0 Å². The molecule has 1 rings (SSSR count). The minimum Gasteiger partial charge on any atom is -0.502 e. The van der Waals surface area contributed by atoms with Gasteiger partial charge in [-0.1, -0.05) is 0 Å². The average Bonchev–Trinajstić information content (AvgIpc) is 2.52. The SMILES string of the molecule is CCOC(=O)C(O)=CC(=O)c1ccc(OCC(=O)N(C)C)cc1. The average molecular weight is 321 g/mol. The van der Waals surface area contributed by atoms with Crippen molar-refractivity contribution in [2.45, 2.75) is 6.92 Å². The molecule has 0 fully saturated rings. The first-order valence-corrected chi connectivity index (χ1v) is 6.90. The standard InChI is InChI=1S/C16H19NO6/c1-4-22-16(21)14(19)9-13(18)11-5-7-12(8-6-11)23-10-15(20)17(2)3/h5-9,19H,4,10H2,1-3H3. The van der Waals surface area contributed by atoms with Gasteiger partial charge >= 0.3 is 5.97 Å². The molecule has 0 saturated carbocycles. The van der Waals surface area contributed by atoms with Gasteiger partial charge in [0.1, 0.15) is 5.75 Å². The zero-order chi connectivity index (χ0) is 17.4. The van der Waals surface area contributed by atoms with Crippen molar-refractivity contribution in [3.63, 3.8) is 0 Å². The number of hydrogen-bond donors (Lipinski definition) is 1. The van der Waals surface area contributed by atoms with Gasteiger partial charge in [-0.25, -0.2) is 4.79 Å². The Morgan fingerprint density at radius 2 is 1.78 bits per heavy atom. The van der Waals surface area contributed by atoms with Gasteiger partial charge in [0.25, 0.3) is 5.91 Å². The number of carbonyl (C=O) groups excluding carboxylic acids is 3. The van der Waals surface area contributed by atoms with Crippen LogP contribution in [0.5, 0.6) is 5.75 Å². The lowest BCUT2D eigenvalue weighted by Crippen LogP contribution is -2.27. The summed E-state index contributed by atoms with van der Waals surface area (Å²) in [5, 5.41) is 9.43. The van der Waals surface area contributed by atoms with Crippen LogP contribution >= 0.6 is 0 Å². The number of amides is 1. The number of aliphatic hydroxyl groups excluding tert-OH is 1. The molecule has 1 aromatic carbocycles. The summed E-state index contributed by atoms with van der Waals surface area (Å²) in [7, 11) is 3.24. The highest BCUT2D eigenvalue weighted by Gasteiger charge is 2.12. The third kappa shape index (κ3) is 5.82. The Kier molecular flexibility index (Phi) is 6.79. The first kappa shape index (κ1) is 18.2. The zero-order valence-electron chi connectivity index (χ0n) is 13.2. The van der Waals surface area contributed by atoms with E-state index in [0.29, 0.717) is 5.75 Å². The molecule has 7 nitrogen and oxygen atoms in total. The Morgan fingerprint density at radius 1 is 1.17 bits per heavy atom. The minimum absolute atomic E-state index is 0.0998. The lowest BCUT2D eigenvalue weighted by molar-refractivity contribution is -0.141. The Balaban J connectivity index is 2.69. The fraction of sp³-hybridized carbons (Fsp3) is 0.312. The lowest BCUT2D eigenvalue weighted by Gasteiger charge is -2.11. The van der Waals surface area contributed by atoms with Crippen molar-refractivity contribution in [3.8, 4) is 5.75 Å². The van der Waals surface area contributed by atoms with Crippen LogP contribution in [0.25, 0.3) is 0 Å². The highest BCUT2D eigenvalue weighted by molar-refractivity contribution is 6.07. The first-order chi connectivity index (χ1) is 10.8. The van der Waals surface area contributed by atoms with Crippen LogP contribution < -0.4 is 4.74 Å². The van der Waals surface area contributed by atoms with Gasteiger partial charge in [-0.05, 0) is 31.2 Å². The molecule has 0 aliphatic carbocycles. The fourth-order valence-electron chi connectivity index (χ4n) is 1.46. The topological polar surface area (TPSA) is 93.1 Å². The Hall–Kier alpha value is -2.83. The predicted molar refractivity (Wildman–Crippen MR) is 82.3 cm³/mol. The minimum atomic E-state index is -0.956. The van der Waals surface area contributed by atoms with Crippen LogP contribution in [0.4, 0.5) is 0 Å². The number of nitrogens with zero attached hydrogens (tertiary/aromatic N) is 1. The molecule has 0 bridgehead atoms. The van der Waals surface area contributed by atoms with E-state index in [1.807, 2.05) is 0 Å². The second kappa shape index (κ2) is 8.57. The van der Waals surface area contributed by atoms with Gasteiger partial charge in [-0.15, -0.1) is 0 Å². The van der Waals surface area contributed by atoms with E-state index in [4.69, 9.17) is 4.74 Å². The third-order valence-electron chi connectivity index (χ3n) is 2.75. The van der Waals surface area contributed by atoms with Crippen LogP contribution in [-0.2, 0) is 14.3 Å². The maximum Gasteiger partial charge on any atom is 0.373 e. The number of rotatable bonds is 7. The van der Waals surface area contributed by atoms with Crippen LogP contribution in [0, 0.1) is 0 Å². The van der Waals surface area contributed by atoms with E-state index < -0.39 is 17.5 Å². The van der Waals surface area contributed by atoms with E-state index in [2.05, 4.69) is 4.74 Å². The summed E-state index contributed by atoms with van der Waals surface area (Å²) < 4.78 is 9.84. The molecule has 0 aliphatic rings. The lowest BCUT2D eigenvalue weighted by atomic mass is 10.1. The van der Waals surface area contributed by atoms with Crippen LogP contribution in [0.3, 0.4) is 0 Å². The highest BCUT2D eigenvalue weighted by Crippen LogP contribution is 2.13. The van der Waals surface area contributed by atoms with Crippen molar-refractivity contribution < 1.29 is 29.0 Å². The van der Waals surface area contributed by atoms with E-state index in [1.165, 1.54) is 29.2 Å². The fourth-order valence-corrected chi connectivity index (χ4v) is 1.46. The van der Waals surface area contributed by atoms with Crippen LogP contribution in [-0.4, -0.2) is 55.0 Å². The van der Waals surface area contributed by atoms with Gasteiger partial charge < -0.3 is 19.5 Å². The van der Waals surface area contributed by atoms with Crippen molar-refractivity contribution in [3.05, 3.63) is 41.7 Å². The summed E-state index contributed by atoms with van der Waals surface area (Å²) in [6, 6.07) is 5.97. The maximum atomic E-state index is 11.9. The van der Waals surface area contributed by atoms with Crippen LogP contribution in [0.1, 0.15) is 17.3 Å². The van der Waals surface area contributed by atoms with E-state index in [9.17, 15) is 19.5 Å². The van der Waals surface area contributed by atoms with E-state index in [0.717, 1.165) is 6.08 Å². The smallest absolute Gasteiger partial charge is 0.373 e. The maximum absolute atomic E-state index is 11.9. The van der Waals surface area contributed by atoms with Gasteiger partial charge in [-0.2, -0.15) is 0 Å². The van der Waals surface area contributed by atoms with Gasteiger partial charge in [-0.3, -0.25) is 9.59 Å². The van der Waals surface area contributed by atoms with Gasteiger partial charge in [0.2, 0.25) is 5.76 Å². The molecule has 7 heteroatoms. The summed E-state index contributed by atoms with van der Waals surface area (Å²) in [4.78, 5) is 35.9. The molecule has 1 amide bonds. The summed E-state index contributed by atoms with van der Waals surface area (Å²) in [6.45, 7) is 1.58. The summed E-state index contributed by atoms with van der Waals surface area (Å²) in [5.74, 6) is -2.02. The Labute approximate surface area is 134 Å². The second-order valence-electron chi connectivity index (χ2n) is 4.72. The Bertz CT molecular complexity index is 604. The molecule has 0 spiro atoms. The second-order valence-corrected chi connectivity index (χ2v) is 4.72. The normalized spacial score (nSPS) is 10.8. The number of carbonyl (C=O) groups is 3. The molecule has 1 N–H and O–H groups in total. The molecule has 0 saturated heterocycles. The summed E-state index contributed by atoms with van der Waals surface area (Å²) in [5.41, 5.74) is 0.257. The molecule has 0 radical (unpaired) electrons. The zero-order valence-corrected chi connectivity index (χ0v) is 13.2. The summed E-state index contributed by atoms with van der Waals surface area (Å²) >= 11 is 0. The molecule has 0 aliphatic heterocycles. The first-order valence-electron chi connectivity index (χ1n) is 6.90. The van der Waals surface area contributed by atoms with Crippen molar-refractivity contribution >= 4 is 17.7 Å².